The SMILES string of the molecule is CCOC(=O)O[C@](Cc1ccc(OC(=O)OC(C)(C)C)c(OC(=O)OC(C)(C)C)c1)(NC(C)CC)C(=O)O. The standard InChI is InChI=1S/C26H39NO11/c1-10-16(3)27-26(20(28)29,38-21(30)33-11-2)15-17-12-13-18(34-22(31)36-24(4,5)6)19(14-17)35-23(32)37-25(7,8)9/h12-14,16,27H,10-11,15H2,1-9H3,(H,28,29)/t16?,26-/m0/s1. The zero-order valence-electron chi connectivity index (χ0n) is 23.5. The predicted molar refractivity (Wildman–Crippen MR) is 135 cm³/mol. The maximum absolute atomic E-state index is 12.4. The average Bonchev–Trinajstić information content (AvgIpc) is 2.72. The molecule has 0 bridgehead atoms. The van der Waals surface area contributed by atoms with E-state index < -0.39 is 47.8 Å². The topological polar surface area (TPSA) is 156 Å². The minimum Gasteiger partial charge on any atom is -0.477 e. The average molecular weight is 542 g/mol. The van der Waals surface area contributed by atoms with Crippen LogP contribution in [0.5, 0.6) is 11.5 Å². The number of aliphatic carboxylic acids is 1. The van der Waals surface area contributed by atoms with Gasteiger partial charge in [-0.1, -0.05) is 13.0 Å². The van der Waals surface area contributed by atoms with Crippen molar-refractivity contribution in [2.24, 2.45) is 0 Å². The highest BCUT2D eigenvalue weighted by Crippen LogP contribution is 2.32. The third-order valence-electron chi connectivity index (χ3n) is 4.58. The summed E-state index contributed by atoms with van der Waals surface area (Å²) < 4.78 is 30.9. The molecule has 12 heteroatoms. The van der Waals surface area contributed by atoms with Gasteiger partial charge in [0.25, 0.3) is 5.72 Å². The lowest BCUT2D eigenvalue weighted by Gasteiger charge is -2.32. The van der Waals surface area contributed by atoms with Crippen molar-refractivity contribution in [2.75, 3.05) is 6.61 Å². The van der Waals surface area contributed by atoms with Crippen molar-refractivity contribution in [1.82, 2.24) is 5.32 Å². The minimum absolute atomic E-state index is 0.0254. The van der Waals surface area contributed by atoms with Gasteiger partial charge in [0.05, 0.1) is 6.61 Å². The fourth-order valence-corrected chi connectivity index (χ4v) is 2.92. The molecule has 0 saturated heterocycles. The van der Waals surface area contributed by atoms with Gasteiger partial charge in [-0.2, -0.15) is 0 Å². The van der Waals surface area contributed by atoms with Crippen LogP contribution in [0, 0.1) is 0 Å². The number of carboxylic acids is 1. The van der Waals surface area contributed by atoms with E-state index in [1.54, 1.807) is 55.4 Å². The van der Waals surface area contributed by atoms with Gasteiger partial charge < -0.3 is 33.5 Å². The van der Waals surface area contributed by atoms with Gasteiger partial charge >= 0.3 is 24.4 Å². The zero-order chi connectivity index (χ0) is 29.3. The second-order valence-corrected chi connectivity index (χ2v) is 10.5. The first-order valence-electron chi connectivity index (χ1n) is 12.2. The summed E-state index contributed by atoms with van der Waals surface area (Å²) >= 11 is 0. The van der Waals surface area contributed by atoms with Gasteiger partial charge in [0.2, 0.25) is 0 Å². The number of rotatable bonds is 10. The second-order valence-electron chi connectivity index (χ2n) is 10.5. The Morgan fingerprint density at radius 3 is 1.82 bits per heavy atom. The van der Waals surface area contributed by atoms with Crippen molar-refractivity contribution in [1.29, 1.82) is 0 Å². The molecule has 38 heavy (non-hydrogen) atoms. The molecule has 214 valence electrons. The first-order chi connectivity index (χ1) is 17.4. The molecule has 0 spiro atoms. The Morgan fingerprint density at radius 2 is 1.37 bits per heavy atom. The summed E-state index contributed by atoms with van der Waals surface area (Å²) in [5.74, 6) is -1.91. The van der Waals surface area contributed by atoms with Crippen molar-refractivity contribution < 1.29 is 52.7 Å². The Labute approximate surface area is 222 Å². The monoisotopic (exact) mass is 541 g/mol. The number of carbonyl (C=O) groups excluding carboxylic acids is 3. The molecule has 0 aliphatic rings. The van der Waals surface area contributed by atoms with E-state index in [0.29, 0.717) is 6.42 Å². The van der Waals surface area contributed by atoms with Crippen molar-refractivity contribution in [2.45, 2.75) is 98.1 Å². The van der Waals surface area contributed by atoms with Crippen LogP contribution in [-0.2, 0) is 30.2 Å². The maximum Gasteiger partial charge on any atom is 0.514 e. The van der Waals surface area contributed by atoms with Crippen LogP contribution in [-0.4, -0.2) is 59.1 Å². The van der Waals surface area contributed by atoms with Crippen LogP contribution < -0.4 is 14.8 Å². The Balaban J connectivity index is 3.48. The molecular formula is C26H39NO11. The van der Waals surface area contributed by atoms with Crippen LogP contribution in [0.1, 0.15) is 74.3 Å². The van der Waals surface area contributed by atoms with Crippen molar-refractivity contribution in [3.8, 4) is 11.5 Å². The number of hydrogen-bond donors (Lipinski definition) is 2. The van der Waals surface area contributed by atoms with Gasteiger partial charge in [0.15, 0.2) is 11.5 Å². The molecule has 0 amide bonds. The Bertz CT molecular complexity index is 994. The Morgan fingerprint density at radius 1 is 0.842 bits per heavy atom. The number of hydrogen-bond acceptors (Lipinski definition) is 11. The molecule has 12 nitrogen and oxygen atoms in total. The van der Waals surface area contributed by atoms with Crippen molar-refractivity contribution >= 4 is 24.4 Å². The second kappa shape index (κ2) is 13.3. The summed E-state index contributed by atoms with van der Waals surface area (Å²) in [5.41, 5.74) is -3.70. The number of carboxylic acid groups (broad SMARTS) is 1. The summed E-state index contributed by atoms with van der Waals surface area (Å²) in [6, 6.07) is 3.62. The largest absolute Gasteiger partial charge is 0.514 e. The Hall–Kier alpha value is -3.54. The molecule has 1 aromatic rings. The molecule has 1 unspecified atom stereocenters. The van der Waals surface area contributed by atoms with E-state index in [4.69, 9.17) is 28.4 Å². The fourth-order valence-electron chi connectivity index (χ4n) is 2.92. The number of ether oxygens (including phenoxy) is 6. The lowest BCUT2D eigenvalue weighted by atomic mass is 10.00. The van der Waals surface area contributed by atoms with E-state index >= 15 is 0 Å². The van der Waals surface area contributed by atoms with Crippen LogP contribution in [0.15, 0.2) is 18.2 Å². The maximum atomic E-state index is 12.4. The number of carbonyl (C=O) groups is 4. The smallest absolute Gasteiger partial charge is 0.477 e. The highest BCUT2D eigenvalue weighted by Gasteiger charge is 2.44. The van der Waals surface area contributed by atoms with Crippen LogP contribution in [0.3, 0.4) is 0 Å². The minimum atomic E-state index is -2.22. The molecule has 2 atom stereocenters. The first-order valence-corrected chi connectivity index (χ1v) is 12.2. The fraction of sp³-hybridized carbons (Fsp3) is 0.615. The van der Waals surface area contributed by atoms with Crippen LogP contribution in [0.4, 0.5) is 14.4 Å². The van der Waals surface area contributed by atoms with Crippen LogP contribution >= 0.6 is 0 Å². The molecular weight excluding hydrogens is 502 g/mol. The van der Waals surface area contributed by atoms with Crippen molar-refractivity contribution in [3.63, 3.8) is 0 Å². The number of nitrogens with one attached hydrogen (secondary N) is 1. The Kier molecular flexibility index (Phi) is 11.4. The lowest BCUT2D eigenvalue weighted by Crippen LogP contribution is -2.59. The van der Waals surface area contributed by atoms with Gasteiger partial charge in [-0.3, -0.25) is 5.32 Å². The van der Waals surface area contributed by atoms with Crippen LogP contribution in [0.2, 0.25) is 0 Å². The van der Waals surface area contributed by atoms with Gasteiger partial charge in [-0.05, 0) is 79.5 Å². The normalized spacial score (nSPS) is 13.9. The molecule has 0 fully saturated rings. The molecule has 1 rings (SSSR count). The summed E-state index contributed by atoms with van der Waals surface area (Å²) in [6.07, 6.45) is -3.20. The summed E-state index contributed by atoms with van der Waals surface area (Å²) in [6.45, 7) is 14.9. The highest BCUT2D eigenvalue weighted by molar-refractivity contribution is 5.80. The molecule has 0 aliphatic carbocycles. The molecule has 0 radical (unpaired) electrons. The quantitative estimate of drug-likeness (QED) is 0.173. The molecule has 0 heterocycles. The molecule has 2 N–H and O–H groups in total. The van der Waals surface area contributed by atoms with Gasteiger partial charge in [-0.15, -0.1) is 0 Å². The third-order valence-corrected chi connectivity index (χ3v) is 4.58. The molecule has 1 aromatic carbocycles. The van der Waals surface area contributed by atoms with E-state index in [1.165, 1.54) is 18.2 Å². The lowest BCUT2D eigenvalue weighted by molar-refractivity contribution is -0.166. The summed E-state index contributed by atoms with van der Waals surface area (Å²) in [5, 5.41) is 12.9. The van der Waals surface area contributed by atoms with Crippen molar-refractivity contribution in [3.05, 3.63) is 23.8 Å². The van der Waals surface area contributed by atoms with E-state index in [1.807, 2.05) is 6.92 Å². The zero-order valence-corrected chi connectivity index (χ0v) is 23.5. The highest BCUT2D eigenvalue weighted by atomic mass is 16.8. The van der Waals surface area contributed by atoms with E-state index in [9.17, 15) is 24.3 Å². The molecule has 0 aromatic heterocycles. The predicted octanol–water partition coefficient (Wildman–Crippen LogP) is 5.20. The van der Waals surface area contributed by atoms with E-state index in [2.05, 4.69) is 5.32 Å². The van der Waals surface area contributed by atoms with Gasteiger partial charge in [0, 0.05) is 12.5 Å². The molecule has 0 saturated carbocycles. The van der Waals surface area contributed by atoms with Gasteiger partial charge in [-0.25, -0.2) is 19.2 Å². The number of benzene rings is 1. The summed E-state index contributed by atoms with van der Waals surface area (Å²) in [4.78, 5) is 49.2. The van der Waals surface area contributed by atoms with E-state index in [-0.39, 0.29) is 29.7 Å². The third kappa shape index (κ3) is 11.2. The summed E-state index contributed by atoms with van der Waals surface area (Å²) in [7, 11) is 0. The van der Waals surface area contributed by atoms with Crippen LogP contribution in [0.25, 0.3) is 0 Å². The molecule has 0 aliphatic heterocycles. The first kappa shape index (κ1) is 32.5. The van der Waals surface area contributed by atoms with E-state index in [0.717, 1.165) is 0 Å². The van der Waals surface area contributed by atoms with Gasteiger partial charge in [0.1, 0.15) is 11.2 Å².